The van der Waals surface area contributed by atoms with E-state index >= 15 is 0 Å². The van der Waals surface area contributed by atoms with Gasteiger partial charge >= 0.3 is 0 Å². The largest absolute Gasteiger partial charge is 0.243 e. The number of hydrogen-bond acceptors (Lipinski definition) is 2. The molecule has 140 valence electrons. The molecule has 3 rings (SSSR count). The molecule has 0 saturated carbocycles. The van der Waals surface area contributed by atoms with Crippen LogP contribution in [0.15, 0.2) is 59.5 Å². The van der Waals surface area contributed by atoms with Gasteiger partial charge in [-0.3, -0.25) is 0 Å². The fraction of sp³-hybridized carbons (Fsp3) is 0.429. The first-order valence-electron chi connectivity index (χ1n) is 9.24. The molecule has 0 radical (unpaired) electrons. The lowest BCUT2D eigenvalue weighted by Crippen LogP contribution is -2.38. The molecule has 26 heavy (non-hydrogen) atoms. The SMILES string of the molecule is CCCC[C@@H]1C[C@H](I)[C@@H](c2ccccc2)N1S(=O)(=O)c1ccc(C)cc1. The first-order valence-corrected chi connectivity index (χ1v) is 11.9. The van der Waals surface area contributed by atoms with E-state index in [0.717, 1.165) is 36.8 Å². The summed E-state index contributed by atoms with van der Waals surface area (Å²) in [6.45, 7) is 4.13. The highest BCUT2D eigenvalue weighted by molar-refractivity contribution is 14.1. The standard InChI is InChI=1S/C21H26INO2S/c1-3-4-10-18-15-20(22)21(17-8-6-5-7-9-17)23(18)26(24,25)19-13-11-16(2)12-14-19/h5-9,11-14,18,20-21H,3-4,10,15H2,1-2H3/t18-,20+,21-/m1/s1. The van der Waals surface area contributed by atoms with Crippen LogP contribution in [0.3, 0.4) is 0 Å². The minimum absolute atomic E-state index is 0.0633. The summed E-state index contributed by atoms with van der Waals surface area (Å²) in [4.78, 5) is 0.399. The molecule has 0 aromatic heterocycles. The predicted octanol–water partition coefficient (Wildman–Crippen LogP) is 5.49. The maximum Gasteiger partial charge on any atom is 0.243 e. The van der Waals surface area contributed by atoms with Crippen LogP contribution in [-0.2, 0) is 10.0 Å². The number of aryl methyl sites for hydroxylation is 1. The van der Waals surface area contributed by atoms with Gasteiger partial charge in [-0.25, -0.2) is 8.42 Å². The van der Waals surface area contributed by atoms with Crippen LogP contribution in [0.2, 0.25) is 0 Å². The Labute approximate surface area is 171 Å². The topological polar surface area (TPSA) is 37.4 Å². The van der Waals surface area contributed by atoms with Crippen LogP contribution in [0.5, 0.6) is 0 Å². The smallest absolute Gasteiger partial charge is 0.207 e. The van der Waals surface area contributed by atoms with Crippen molar-refractivity contribution in [2.75, 3.05) is 0 Å². The molecule has 1 fully saturated rings. The first kappa shape index (κ1) is 19.8. The van der Waals surface area contributed by atoms with Gasteiger partial charge in [-0.15, -0.1) is 0 Å². The van der Waals surface area contributed by atoms with Crippen LogP contribution in [0, 0.1) is 6.92 Å². The number of hydrogen-bond donors (Lipinski definition) is 0. The van der Waals surface area contributed by atoms with Gasteiger partial charge in [0.05, 0.1) is 10.9 Å². The van der Waals surface area contributed by atoms with Gasteiger partial charge < -0.3 is 0 Å². The summed E-state index contributed by atoms with van der Waals surface area (Å²) < 4.78 is 29.2. The molecule has 2 aromatic carbocycles. The Balaban J connectivity index is 2.05. The molecule has 0 bridgehead atoms. The van der Waals surface area contributed by atoms with Gasteiger partial charge in [0.15, 0.2) is 0 Å². The zero-order chi connectivity index (χ0) is 18.7. The molecule has 0 amide bonds. The zero-order valence-corrected chi connectivity index (χ0v) is 18.3. The molecule has 0 spiro atoms. The second-order valence-electron chi connectivity index (χ2n) is 7.05. The molecule has 1 aliphatic heterocycles. The molecule has 3 atom stereocenters. The van der Waals surface area contributed by atoms with E-state index in [0.29, 0.717) is 4.90 Å². The zero-order valence-electron chi connectivity index (χ0n) is 15.3. The lowest BCUT2D eigenvalue weighted by atomic mass is 10.0. The van der Waals surface area contributed by atoms with E-state index in [1.165, 1.54) is 0 Å². The maximum absolute atomic E-state index is 13.6. The summed E-state index contributed by atoms with van der Waals surface area (Å²) in [6, 6.07) is 17.3. The normalized spacial score (nSPS) is 24.0. The maximum atomic E-state index is 13.6. The van der Waals surface area contributed by atoms with Crippen LogP contribution >= 0.6 is 22.6 Å². The van der Waals surface area contributed by atoms with E-state index < -0.39 is 10.0 Å². The minimum Gasteiger partial charge on any atom is -0.207 e. The lowest BCUT2D eigenvalue weighted by Gasteiger charge is -2.30. The van der Waals surface area contributed by atoms with Crippen LogP contribution in [0.4, 0.5) is 0 Å². The summed E-state index contributed by atoms with van der Waals surface area (Å²) >= 11 is 2.44. The molecule has 1 heterocycles. The van der Waals surface area contributed by atoms with Crippen molar-refractivity contribution in [3.05, 3.63) is 65.7 Å². The van der Waals surface area contributed by atoms with E-state index in [1.807, 2.05) is 37.3 Å². The van der Waals surface area contributed by atoms with Crippen molar-refractivity contribution < 1.29 is 8.42 Å². The molecule has 5 heteroatoms. The Hall–Kier alpha value is -0.920. The fourth-order valence-corrected chi connectivity index (χ4v) is 7.19. The number of unbranched alkanes of at least 4 members (excludes halogenated alkanes) is 1. The third-order valence-corrected chi connectivity index (χ3v) is 8.24. The second kappa shape index (κ2) is 8.40. The van der Waals surface area contributed by atoms with Crippen molar-refractivity contribution >= 4 is 32.6 Å². The molecule has 0 unspecified atom stereocenters. The fourth-order valence-electron chi connectivity index (χ4n) is 3.75. The van der Waals surface area contributed by atoms with Gasteiger partial charge in [0.1, 0.15) is 0 Å². The number of alkyl halides is 1. The number of benzene rings is 2. The molecular weight excluding hydrogens is 457 g/mol. The van der Waals surface area contributed by atoms with Gasteiger partial charge in [0.2, 0.25) is 10.0 Å². The summed E-state index contributed by atoms with van der Waals surface area (Å²) in [7, 11) is -3.54. The number of nitrogens with zero attached hydrogens (tertiary/aromatic N) is 1. The Bertz CT molecular complexity index is 821. The Morgan fingerprint density at radius 3 is 2.35 bits per heavy atom. The van der Waals surface area contributed by atoms with Crippen LogP contribution in [-0.4, -0.2) is 22.7 Å². The van der Waals surface area contributed by atoms with Crippen molar-refractivity contribution in [2.45, 2.75) is 60.4 Å². The quantitative estimate of drug-likeness (QED) is 0.403. The Morgan fingerprint density at radius 2 is 1.73 bits per heavy atom. The van der Waals surface area contributed by atoms with E-state index in [1.54, 1.807) is 16.4 Å². The van der Waals surface area contributed by atoms with Gasteiger partial charge in [-0.05, 0) is 37.5 Å². The molecule has 1 saturated heterocycles. The van der Waals surface area contributed by atoms with Crippen molar-refractivity contribution in [2.24, 2.45) is 0 Å². The van der Waals surface area contributed by atoms with Crippen molar-refractivity contribution in [1.82, 2.24) is 4.31 Å². The third-order valence-electron chi connectivity index (χ3n) is 5.10. The van der Waals surface area contributed by atoms with Crippen LogP contribution in [0.1, 0.15) is 49.8 Å². The van der Waals surface area contributed by atoms with Crippen molar-refractivity contribution in [3.63, 3.8) is 0 Å². The van der Waals surface area contributed by atoms with Gasteiger partial charge in [0, 0.05) is 9.97 Å². The third kappa shape index (κ3) is 3.99. The highest BCUT2D eigenvalue weighted by Gasteiger charge is 2.47. The van der Waals surface area contributed by atoms with Gasteiger partial charge in [-0.1, -0.05) is 90.4 Å². The average Bonchev–Trinajstić information content (AvgIpc) is 2.98. The van der Waals surface area contributed by atoms with Crippen LogP contribution in [0.25, 0.3) is 0 Å². The van der Waals surface area contributed by atoms with E-state index in [4.69, 9.17) is 0 Å². The van der Waals surface area contributed by atoms with Crippen molar-refractivity contribution in [1.29, 1.82) is 0 Å². The van der Waals surface area contributed by atoms with E-state index in [2.05, 4.69) is 41.6 Å². The number of halogens is 1. The predicted molar refractivity (Wildman–Crippen MR) is 115 cm³/mol. The first-order chi connectivity index (χ1) is 12.4. The van der Waals surface area contributed by atoms with E-state index in [9.17, 15) is 8.42 Å². The summed E-state index contributed by atoms with van der Waals surface area (Å²) in [5.41, 5.74) is 2.15. The number of sulfonamides is 1. The van der Waals surface area contributed by atoms with Gasteiger partial charge in [0.25, 0.3) is 0 Å². The lowest BCUT2D eigenvalue weighted by molar-refractivity contribution is 0.310. The van der Waals surface area contributed by atoms with E-state index in [-0.39, 0.29) is 16.0 Å². The summed E-state index contributed by atoms with van der Waals surface area (Å²) in [5.74, 6) is 0. The molecule has 2 aromatic rings. The number of rotatable bonds is 6. The van der Waals surface area contributed by atoms with Gasteiger partial charge in [-0.2, -0.15) is 4.31 Å². The molecule has 0 N–H and O–H groups in total. The second-order valence-corrected chi connectivity index (χ2v) is 10.5. The molecule has 1 aliphatic rings. The average molecular weight is 483 g/mol. The summed E-state index contributed by atoms with van der Waals surface area (Å²) in [5, 5.41) is 0. The Morgan fingerprint density at radius 1 is 1.08 bits per heavy atom. The van der Waals surface area contributed by atoms with Crippen molar-refractivity contribution in [3.8, 4) is 0 Å². The molecule has 3 nitrogen and oxygen atoms in total. The van der Waals surface area contributed by atoms with Crippen LogP contribution < -0.4 is 0 Å². The highest BCUT2D eigenvalue weighted by atomic mass is 127. The molecular formula is C21H26INO2S. The molecule has 0 aliphatic carbocycles. The highest BCUT2D eigenvalue weighted by Crippen LogP contribution is 2.45. The Kier molecular flexibility index (Phi) is 6.41. The summed E-state index contributed by atoms with van der Waals surface area (Å²) in [6.07, 6.45) is 3.96. The minimum atomic E-state index is -3.54. The monoisotopic (exact) mass is 483 g/mol.